The minimum Gasteiger partial charge on any atom is -0.456 e. The smallest absolute Gasteiger partial charge is 0.179 e. The summed E-state index contributed by atoms with van der Waals surface area (Å²) >= 11 is 0. The third-order valence-corrected chi connectivity index (χ3v) is 16.7. The number of hydrogen-bond acceptors (Lipinski definition) is 4. The maximum absolute atomic E-state index is 10.1. The lowest BCUT2D eigenvalue weighted by molar-refractivity contribution is 0.669. The van der Waals surface area contributed by atoms with Gasteiger partial charge in [0, 0.05) is 43.9 Å². The zero-order valence-corrected chi connectivity index (χ0v) is 36.7. The van der Waals surface area contributed by atoms with Crippen molar-refractivity contribution in [1.82, 2.24) is 19.5 Å². The Morgan fingerprint density at radius 3 is 1.42 bits per heavy atom. The lowest BCUT2D eigenvalue weighted by atomic mass is 10.0. The zero-order chi connectivity index (χ0) is 65.7. The van der Waals surface area contributed by atoms with Crippen molar-refractivity contribution in [3.05, 3.63) is 254 Å². The first-order valence-electron chi connectivity index (χ1n) is 33.0. The van der Waals surface area contributed by atoms with Crippen LogP contribution in [-0.2, 0) is 0 Å². The average Bonchev–Trinajstić information content (AvgIpc) is 1.50. The van der Waals surface area contributed by atoms with Crippen molar-refractivity contribution >= 4 is 72.6 Å². The van der Waals surface area contributed by atoms with Crippen molar-refractivity contribution in [3.8, 4) is 51.0 Å². The van der Waals surface area contributed by atoms with Gasteiger partial charge >= 0.3 is 0 Å². The number of nitrogens with zero attached hydrogens (tertiary/aromatic N) is 4. The number of hydrogen-bond donors (Lipinski definition) is 0. The molecule has 3 aromatic heterocycles. The highest BCUT2D eigenvalue weighted by atomic mass is 28.3. The van der Waals surface area contributed by atoms with Gasteiger partial charge in [-0.2, -0.15) is 0 Å². The van der Waals surface area contributed by atoms with E-state index in [0.29, 0.717) is 0 Å². The monoisotopic (exact) mass is 921 g/mol. The van der Waals surface area contributed by atoms with E-state index in [1.165, 1.54) is 0 Å². The van der Waals surface area contributed by atoms with Crippen molar-refractivity contribution in [2.45, 2.75) is 0 Å². The highest BCUT2D eigenvalue weighted by Gasteiger charge is 2.41. The lowest BCUT2D eigenvalue weighted by Gasteiger charge is -2.34. The minimum absolute atomic E-state index is 0.207. The van der Waals surface area contributed by atoms with Gasteiger partial charge in [0.15, 0.2) is 25.5 Å². The predicted octanol–water partition coefficient (Wildman–Crippen LogP) is 12.9. The van der Waals surface area contributed by atoms with E-state index in [9.17, 15) is 17.8 Å². The summed E-state index contributed by atoms with van der Waals surface area (Å²) in [5, 5.41) is 2.48. The Labute approximate surface area is 432 Å². The SMILES string of the molecule is [2H]c1c([2H])c(-c2nc(-c3ccc([Si](c4ccccc4)(c4ccccc4)c4ccccc4)cc3)nc(-c3c([2H])c([2H])c([2H])c(-n4c5c([2H])c([2H])c([2H])c([2H])c5c5c([2H])c([2H])c([2H])c([2H])c54)c3[2H])n2)c([2H])c(-c2c([2H])c([2H])c3c(oc4c([2H])c([2H])c([2H])c([2H])c43)c2[2H])c1[2H]. The molecule has 0 bridgehead atoms. The first-order valence-corrected chi connectivity index (χ1v) is 23.5. The third-order valence-electron chi connectivity index (χ3n) is 11.9. The van der Waals surface area contributed by atoms with Crippen molar-refractivity contribution in [2.24, 2.45) is 0 Å². The molecule has 0 saturated heterocycles. The Kier molecular flexibility index (Phi) is 5.61. The van der Waals surface area contributed by atoms with Crippen LogP contribution in [0.3, 0.4) is 0 Å². The second kappa shape index (κ2) is 16.7. The fraction of sp³-hybridized carbons (Fsp3) is 0. The summed E-state index contributed by atoms with van der Waals surface area (Å²) in [6.07, 6.45) is 0. The van der Waals surface area contributed by atoms with Crippen molar-refractivity contribution in [2.75, 3.05) is 0 Å². The van der Waals surface area contributed by atoms with Crippen LogP contribution >= 0.6 is 0 Å². The molecule has 0 spiro atoms. The number of furan rings is 1. The van der Waals surface area contributed by atoms with E-state index in [1.54, 1.807) is 12.1 Å². The molecule has 0 N–H and O–H groups in total. The van der Waals surface area contributed by atoms with Gasteiger partial charge in [0.2, 0.25) is 0 Å². The summed E-state index contributed by atoms with van der Waals surface area (Å²) in [6.45, 7) is 0. The summed E-state index contributed by atoms with van der Waals surface area (Å²) in [7, 11) is -3.21. The van der Waals surface area contributed by atoms with E-state index >= 15 is 0 Å². The van der Waals surface area contributed by atoms with E-state index in [1.807, 2.05) is 66.7 Å². The van der Waals surface area contributed by atoms with Crippen LogP contribution in [0.5, 0.6) is 0 Å². The van der Waals surface area contributed by atoms with E-state index in [-0.39, 0.29) is 22.2 Å². The van der Waals surface area contributed by atoms with Gasteiger partial charge in [-0.25, -0.2) is 15.0 Å². The van der Waals surface area contributed by atoms with Crippen LogP contribution < -0.4 is 20.7 Å². The topological polar surface area (TPSA) is 56.7 Å². The second-order valence-electron chi connectivity index (χ2n) is 15.7. The first-order chi connectivity index (χ1) is 43.8. The molecule has 69 heavy (non-hydrogen) atoms. The van der Waals surface area contributed by atoms with Gasteiger partial charge in [0.25, 0.3) is 0 Å². The second-order valence-corrected chi connectivity index (χ2v) is 19.6. The Hall–Kier alpha value is -8.97. The molecule has 3 heterocycles. The molecule has 13 aromatic rings. The standard InChI is InChI=1S/C63H42N4OSi/c1-4-22-49(23-5-1)69(50-24-6-2-7-25-50,51-26-8-3-9-27-51)52-37-34-43(35-38-52)61-64-62(46-19-16-18-44(40-46)45-36-39-56-55-30-12-15-33-59(55)68-60(56)42-45)66-63(65-61)47-20-17-21-48(41-47)67-57-31-13-10-28-53(57)54-29-11-14-32-58(54)67/h1-42H/i10D,11D,12D,13D,14D,15D,16D,17D,18D,19D,20D,21D,28D,29D,30D,31D,32D,33D,36D,39D,40D,41D,42D. The number of fused-ring (bicyclic) bond motifs is 6. The van der Waals surface area contributed by atoms with Crippen LogP contribution in [-0.4, -0.2) is 27.6 Å². The van der Waals surface area contributed by atoms with E-state index in [0.717, 1.165) is 25.3 Å². The van der Waals surface area contributed by atoms with Gasteiger partial charge in [0.1, 0.15) is 11.2 Å². The highest BCUT2D eigenvalue weighted by Crippen LogP contribution is 2.36. The van der Waals surface area contributed by atoms with Gasteiger partial charge < -0.3 is 8.98 Å². The van der Waals surface area contributed by atoms with Gasteiger partial charge in [-0.3, -0.25) is 0 Å². The molecular formula is C63H42N4OSi. The Balaban J connectivity index is 1.12. The third kappa shape index (κ3) is 6.88. The van der Waals surface area contributed by atoms with Crippen molar-refractivity contribution < 1.29 is 35.9 Å². The number of rotatable bonds is 9. The minimum atomic E-state index is -3.21. The predicted molar refractivity (Wildman–Crippen MR) is 287 cm³/mol. The molecule has 10 aromatic carbocycles. The summed E-state index contributed by atoms with van der Waals surface area (Å²) in [6, 6.07) is 18.7. The first kappa shape index (κ1) is 23.2. The molecule has 0 unspecified atom stereocenters. The maximum atomic E-state index is 10.1. The zero-order valence-electron chi connectivity index (χ0n) is 58.7. The van der Waals surface area contributed by atoms with Crippen LogP contribution in [0.4, 0.5) is 0 Å². The van der Waals surface area contributed by atoms with Crippen LogP contribution in [0.1, 0.15) is 31.5 Å². The van der Waals surface area contributed by atoms with E-state index in [4.69, 9.17) is 28.1 Å². The summed E-state index contributed by atoms with van der Waals surface area (Å²) in [5.41, 5.74) is -5.13. The van der Waals surface area contributed by atoms with Crippen LogP contribution in [0, 0.1) is 0 Å². The molecule has 6 heteroatoms. The maximum Gasteiger partial charge on any atom is 0.179 e. The van der Waals surface area contributed by atoms with Crippen molar-refractivity contribution in [1.29, 1.82) is 0 Å². The van der Waals surface area contributed by atoms with Gasteiger partial charge in [-0.05, 0) is 80.2 Å². The summed E-state index contributed by atoms with van der Waals surface area (Å²) in [4.78, 5) is 14.3. The summed E-state index contributed by atoms with van der Waals surface area (Å²) in [5.74, 6) is -1.60. The van der Waals surface area contributed by atoms with Gasteiger partial charge in [0.05, 0.1) is 42.6 Å². The molecule has 0 atom stereocenters. The van der Waals surface area contributed by atoms with Crippen molar-refractivity contribution in [3.63, 3.8) is 0 Å². The molecule has 5 nitrogen and oxygen atoms in total. The molecule has 0 saturated carbocycles. The van der Waals surface area contributed by atoms with Crippen LogP contribution in [0.2, 0.25) is 0 Å². The average molecular weight is 922 g/mol. The number of aromatic nitrogens is 4. The Morgan fingerprint density at radius 2 is 0.812 bits per heavy atom. The molecule has 0 fully saturated rings. The summed E-state index contributed by atoms with van der Waals surface area (Å²) < 4.78 is 216. The lowest BCUT2D eigenvalue weighted by Crippen LogP contribution is -2.74. The molecule has 13 rings (SSSR count). The van der Waals surface area contributed by atoms with Crippen LogP contribution in [0.25, 0.3) is 94.7 Å². The fourth-order valence-corrected chi connectivity index (χ4v) is 13.6. The molecule has 324 valence electrons. The molecule has 0 radical (unpaired) electrons. The molecule has 0 aliphatic carbocycles. The van der Waals surface area contributed by atoms with E-state index < -0.39 is 220 Å². The molecule has 0 aliphatic rings. The molecular weight excluding hydrogens is 857 g/mol. The largest absolute Gasteiger partial charge is 0.456 e. The number of para-hydroxylation sites is 3. The Bertz CT molecular complexity index is 5210. The van der Waals surface area contributed by atoms with Gasteiger partial charge in [-0.15, -0.1) is 0 Å². The van der Waals surface area contributed by atoms with E-state index in [2.05, 4.69) is 41.4 Å². The normalized spacial score (nSPS) is 16.4. The van der Waals surface area contributed by atoms with Gasteiger partial charge in [-0.1, -0.05) is 206 Å². The molecule has 0 amide bonds. The highest BCUT2D eigenvalue weighted by molar-refractivity contribution is 7.19. The Morgan fingerprint density at radius 1 is 0.348 bits per heavy atom. The fourth-order valence-electron chi connectivity index (χ4n) is 8.87. The quantitative estimate of drug-likeness (QED) is 0.107. The van der Waals surface area contributed by atoms with Crippen LogP contribution in [0.15, 0.2) is 259 Å². The molecule has 0 aliphatic heterocycles. The number of benzene rings is 10.